The molecule has 4 heterocycles. The first-order valence-corrected chi connectivity index (χ1v) is 13.8. The first-order chi connectivity index (χ1) is 18.0. The molecule has 1 N–H and O–H groups in total. The Kier molecular flexibility index (Phi) is 7.70. The van der Waals surface area contributed by atoms with E-state index in [1.54, 1.807) is 23.6 Å². The van der Waals surface area contributed by atoms with Gasteiger partial charge in [-0.25, -0.2) is 4.79 Å². The van der Waals surface area contributed by atoms with Gasteiger partial charge in [-0.1, -0.05) is 41.0 Å². The highest BCUT2D eigenvalue weighted by molar-refractivity contribution is 5.97. The lowest BCUT2D eigenvalue weighted by Crippen LogP contribution is -2.63. The number of hydrogen-bond acceptors (Lipinski definition) is 5. The molecule has 11 heteroatoms. The van der Waals surface area contributed by atoms with Crippen molar-refractivity contribution in [3.63, 3.8) is 0 Å². The number of rotatable bonds is 7. The summed E-state index contributed by atoms with van der Waals surface area (Å²) in [6.07, 6.45) is 0.846. The van der Waals surface area contributed by atoms with Gasteiger partial charge in [-0.3, -0.25) is 19.5 Å². The third kappa shape index (κ3) is 5.88. The first-order valence-electron chi connectivity index (χ1n) is 13.8. The highest BCUT2D eigenvalue weighted by Gasteiger charge is 2.44. The molecule has 4 rings (SSSR count). The van der Waals surface area contributed by atoms with Crippen LogP contribution in [0, 0.1) is 5.41 Å². The predicted molar refractivity (Wildman–Crippen MR) is 143 cm³/mol. The number of likely N-dealkylation sites (tertiary alicyclic amines) is 1. The van der Waals surface area contributed by atoms with Gasteiger partial charge in [0.15, 0.2) is 0 Å². The molecule has 2 saturated heterocycles. The van der Waals surface area contributed by atoms with Crippen LogP contribution in [0.15, 0.2) is 12.3 Å². The SMILES string of the molecule is CCCC(F)(F)c1cc2c(cn1)C(C)(C)CN2C(=O)CN1C[C@@H](C)N(C(=O)O)C[C@@H]1CN1CC(C)(C)CC1=O. The van der Waals surface area contributed by atoms with Crippen molar-refractivity contribution in [1.82, 2.24) is 19.7 Å². The largest absolute Gasteiger partial charge is 0.465 e. The number of carbonyl (C=O) groups excluding carboxylic acids is 2. The fraction of sp³-hybridized carbons (Fsp3) is 0.714. The lowest BCUT2D eigenvalue weighted by molar-refractivity contribution is -0.129. The Morgan fingerprint density at radius 2 is 1.87 bits per heavy atom. The second-order valence-electron chi connectivity index (χ2n) is 12.9. The number of amides is 3. The number of fused-ring (bicyclic) bond motifs is 1. The average molecular weight is 550 g/mol. The number of alkyl halides is 2. The van der Waals surface area contributed by atoms with E-state index in [0.717, 1.165) is 5.56 Å². The van der Waals surface area contributed by atoms with Gasteiger partial charge in [0, 0.05) is 74.8 Å². The topological polar surface area (TPSA) is 97.3 Å². The van der Waals surface area contributed by atoms with E-state index in [1.165, 1.54) is 17.2 Å². The molecule has 0 radical (unpaired) electrons. The summed E-state index contributed by atoms with van der Waals surface area (Å²) in [4.78, 5) is 49.1. The zero-order valence-corrected chi connectivity index (χ0v) is 23.8. The van der Waals surface area contributed by atoms with E-state index in [1.807, 2.05) is 32.6 Å². The fourth-order valence-electron chi connectivity index (χ4n) is 6.22. The number of hydrogen-bond donors (Lipinski definition) is 1. The minimum atomic E-state index is -3.09. The van der Waals surface area contributed by atoms with E-state index in [9.17, 15) is 28.3 Å². The van der Waals surface area contributed by atoms with Crippen LogP contribution in [0.1, 0.15) is 72.1 Å². The summed E-state index contributed by atoms with van der Waals surface area (Å²) in [5, 5.41) is 9.74. The summed E-state index contributed by atoms with van der Waals surface area (Å²) in [5.41, 5.74) is 0.241. The minimum absolute atomic E-state index is 0.00752. The molecular formula is C28H41F2N5O4. The Labute approximate surface area is 229 Å². The standard InChI is InChI=1S/C28H41F2N5O4/c1-7-8-28(29,30)22-9-21-20(11-31-22)27(5,6)17-35(21)24(37)15-32-12-18(2)34(25(38)39)14-19(32)13-33-16-26(3,4)10-23(33)36/h9,11,18-19H,7-8,10,12-17H2,1-6H3,(H,38,39)/t18-,19+/m1/s1. The lowest BCUT2D eigenvalue weighted by Gasteiger charge is -2.45. The third-order valence-electron chi connectivity index (χ3n) is 8.27. The number of piperazine rings is 1. The molecule has 0 bridgehead atoms. The molecule has 3 aliphatic heterocycles. The fourth-order valence-corrected chi connectivity index (χ4v) is 6.22. The molecule has 0 spiro atoms. The van der Waals surface area contributed by atoms with Crippen LogP contribution in [0.4, 0.5) is 19.3 Å². The van der Waals surface area contributed by atoms with Gasteiger partial charge in [0.2, 0.25) is 11.8 Å². The highest BCUT2D eigenvalue weighted by atomic mass is 19.3. The summed E-state index contributed by atoms with van der Waals surface area (Å²) in [6.45, 7) is 13.2. The van der Waals surface area contributed by atoms with Crippen molar-refractivity contribution >= 4 is 23.6 Å². The molecule has 2 atom stereocenters. The molecular weight excluding hydrogens is 508 g/mol. The third-order valence-corrected chi connectivity index (χ3v) is 8.27. The van der Waals surface area contributed by atoms with Gasteiger partial charge in [-0.05, 0) is 18.4 Å². The van der Waals surface area contributed by atoms with Crippen LogP contribution in [-0.4, -0.2) is 94.1 Å². The molecule has 0 aromatic carbocycles. The van der Waals surface area contributed by atoms with Crippen LogP contribution in [-0.2, 0) is 20.9 Å². The second kappa shape index (κ2) is 10.3. The van der Waals surface area contributed by atoms with Crippen molar-refractivity contribution in [2.75, 3.05) is 44.2 Å². The summed E-state index contributed by atoms with van der Waals surface area (Å²) < 4.78 is 29.5. The van der Waals surface area contributed by atoms with E-state index in [0.29, 0.717) is 44.7 Å². The number of carbonyl (C=O) groups is 3. The lowest BCUT2D eigenvalue weighted by atomic mass is 9.88. The van der Waals surface area contributed by atoms with Gasteiger partial charge in [0.25, 0.3) is 5.92 Å². The minimum Gasteiger partial charge on any atom is -0.465 e. The molecule has 39 heavy (non-hydrogen) atoms. The van der Waals surface area contributed by atoms with Gasteiger partial charge in [-0.2, -0.15) is 8.78 Å². The second-order valence-corrected chi connectivity index (χ2v) is 12.9. The summed E-state index contributed by atoms with van der Waals surface area (Å²) >= 11 is 0. The number of nitrogens with zero attached hydrogens (tertiary/aromatic N) is 5. The van der Waals surface area contributed by atoms with Crippen molar-refractivity contribution < 1.29 is 28.3 Å². The molecule has 0 aliphatic carbocycles. The van der Waals surface area contributed by atoms with E-state index in [4.69, 9.17) is 0 Å². The molecule has 0 saturated carbocycles. The summed E-state index contributed by atoms with van der Waals surface area (Å²) in [7, 11) is 0. The zero-order valence-electron chi connectivity index (χ0n) is 23.8. The maximum atomic E-state index is 14.7. The Balaban J connectivity index is 1.59. The number of pyridine rings is 1. The molecule has 3 amide bonds. The van der Waals surface area contributed by atoms with Crippen LogP contribution in [0.25, 0.3) is 0 Å². The van der Waals surface area contributed by atoms with Crippen LogP contribution in [0.2, 0.25) is 0 Å². The molecule has 2 fully saturated rings. The maximum absolute atomic E-state index is 14.7. The van der Waals surface area contributed by atoms with Crippen LogP contribution < -0.4 is 4.90 Å². The van der Waals surface area contributed by atoms with E-state index in [-0.39, 0.29) is 54.5 Å². The summed E-state index contributed by atoms with van der Waals surface area (Å²) in [6, 6.07) is 0.643. The van der Waals surface area contributed by atoms with Crippen molar-refractivity contribution in [2.24, 2.45) is 5.41 Å². The molecule has 1 aromatic heterocycles. The molecule has 216 valence electrons. The van der Waals surface area contributed by atoms with E-state index >= 15 is 0 Å². The number of anilines is 1. The van der Waals surface area contributed by atoms with Crippen LogP contribution in [0.3, 0.4) is 0 Å². The van der Waals surface area contributed by atoms with Gasteiger partial charge >= 0.3 is 6.09 Å². The Bertz CT molecular complexity index is 1140. The monoisotopic (exact) mass is 549 g/mol. The Hall–Kier alpha value is -2.82. The predicted octanol–water partition coefficient (Wildman–Crippen LogP) is 3.91. The normalized spacial score (nSPS) is 24.8. The van der Waals surface area contributed by atoms with E-state index < -0.39 is 17.4 Å². The van der Waals surface area contributed by atoms with Gasteiger partial charge in [0.1, 0.15) is 5.69 Å². The van der Waals surface area contributed by atoms with Gasteiger partial charge in [-0.15, -0.1) is 0 Å². The van der Waals surface area contributed by atoms with Crippen molar-refractivity contribution in [2.45, 2.75) is 84.2 Å². The number of aromatic nitrogens is 1. The van der Waals surface area contributed by atoms with Crippen LogP contribution in [0.5, 0.6) is 0 Å². The van der Waals surface area contributed by atoms with Crippen molar-refractivity contribution in [3.8, 4) is 0 Å². The van der Waals surface area contributed by atoms with Crippen molar-refractivity contribution in [3.05, 3.63) is 23.5 Å². The zero-order chi connectivity index (χ0) is 28.9. The van der Waals surface area contributed by atoms with Crippen LogP contribution >= 0.6 is 0 Å². The van der Waals surface area contributed by atoms with E-state index in [2.05, 4.69) is 4.98 Å². The molecule has 3 aliphatic rings. The van der Waals surface area contributed by atoms with Gasteiger partial charge in [0.05, 0.1) is 12.2 Å². The quantitative estimate of drug-likeness (QED) is 0.554. The smallest absolute Gasteiger partial charge is 0.407 e. The van der Waals surface area contributed by atoms with Gasteiger partial charge < -0.3 is 19.8 Å². The molecule has 1 aromatic rings. The Morgan fingerprint density at radius 1 is 1.18 bits per heavy atom. The summed E-state index contributed by atoms with van der Waals surface area (Å²) in [5.74, 6) is -3.31. The highest BCUT2D eigenvalue weighted by Crippen LogP contribution is 2.43. The maximum Gasteiger partial charge on any atom is 0.407 e. The number of halogens is 2. The average Bonchev–Trinajstić information content (AvgIpc) is 3.25. The molecule has 9 nitrogen and oxygen atoms in total. The Morgan fingerprint density at radius 3 is 2.46 bits per heavy atom. The first kappa shape index (κ1) is 29.2. The molecule has 0 unspecified atom stereocenters. The van der Waals surface area contributed by atoms with Crippen molar-refractivity contribution in [1.29, 1.82) is 0 Å². The number of carboxylic acid groups (broad SMARTS) is 1.